The van der Waals surface area contributed by atoms with Crippen molar-refractivity contribution in [3.05, 3.63) is 84.4 Å². The lowest BCUT2D eigenvalue weighted by molar-refractivity contribution is 0.102. The molecule has 0 aliphatic heterocycles. The summed E-state index contributed by atoms with van der Waals surface area (Å²) in [5, 5.41) is 6.80. The van der Waals surface area contributed by atoms with E-state index in [1.165, 1.54) is 18.0 Å². The molecule has 30 heavy (non-hydrogen) atoms. The van der Waals surface area contributed by atoms with Gasteiger partial charge in [-0.2, -0.15) is 4.98 Å². The molecule has 1 N–H and O–H groups in total. The Morgan fingerprint density at radius 1 is 1.17 bits per heavy atom. The second-order valence-corrected chi connectivity index (χ2v) is 7.16. The molecule has 0 spiro atoms. The van der Waals surface area contributed by atoms with Crippen molar-refractivity contribution in [3.63, 3.8) is 0 Å². The minimum Gasteiger partial charge on any atom is -0.437 e. The van der Waals surface area contributed by atoms with Gasteiger partial charge >= 0.3 is 0 Å². The summed E-state index contributed by atoms with van der Waals surface area (Å²) in [5.74, 6) is 2.30. The fourth-order valence-corrected chi connectivity index (χ4v) is 3.51. The Labute approximate surface area is 176 Å². The molecule has 2 aromatic heterocycles. The number of aromatic nitrogens is 4. The van der Waals surface area contributed by atoms with E-state index in [0.29, 0.717) is 40.3 Å². The van der Waals surface area contributed by atoms with E-state index >= 15 is 0 Å². The van der Waals surface area contributed by atoms with Gasteiger partial charge in [-0.1, -0.05) is 23.4 Å². The quantitative estimate of drug-likeness (QED) is 0.437. The van der Waals surface area contributed by atoms with Crippen molar-refractivity contribution in [2.45, 2.75) is 17.6 Å². The maximum Gasteiger partial charge on any atom is 0.256 e. The Morgan fingerprint density at radius 2 is 2.07 bits per heavy atom. The third kappa shape index (κ3) is 5.00. The SMILES string of the molecule is Cc1nc(CSc2ccccc2C(=O)Nc2cccc(Oc3cnccn3)c2)no1. The number of ether oxygens (including phenoxy) is 1. The van der Waals surface area contributed by atoms with E-state index in [0.717, 1.165) is 4.90 Å². The summed E-state index contributed by atoms with van der Waals surface area (Å²) < 4.78 is 10.7. The van der Waals surface area contributed by atoms with E-state index in [9.17, 15) is 4.79 Å². The molecule has 0 bridgehead atoms. The number of hydrogen-bond acceptors (Lipinski definition) is 8. The van der Waals surface area contributed by atoms with Crippen molar-refractivity contribution in [1.29, 1.82) is 0 Å². The van der Waals surface area contributed by atoms with Gasteiger partial charge in [-0.05, 0) is 24.3 Å². The number of benzene rings is 2. The van der Waals surface area contributed by atoms with Crippen molar-refractivity contribution >= 4 is 23.4 Å². The number of nitrogens with one attached hydrogen (secondary N) is 1. The van der Waals surface area contributed by atoms with E-state index in [1.54, 1.807) is 49.6 Å². The lowest BCUT2D eigenvalue weighted by Gasteiger charge is -2.10. The van der Waals surface area contributed by atoms with Crippen molar-refractivity contribution < 1.29 is 14.1 Å². The maximum atomic E-state index is 12.9. The molecule has 2 aromatic carbocycles. The summed E-state index contributed by atoms with van der Waals surface area (Å²) in [6.45, 7) is 1.74. The number of amides is 1. The van der Waals surface area contributed by atoms with Gasteiger partial charge in [-0.15, -0.1) is 11.8 Å². The van der Waals surface area contributed by atoms with Crippen LogP contribution in [0.1, 0.15) is 22.1 Å². The zero-order valence-electron chi connectivity index (χ0n) is 16.0. The Balaban J connectivity index is 1.45. The molecule has 9 heteroatoms. The normalized spacial score (nSPS) is 10.6. The van der Waals surface area contributed by atoms with E-state index < -0.39 is 0 Å². The smallest absolute Gasteiger partial charge is 0.256 e. The number of anilines is 1. The van der Waals surface area contributed by atoms with E-state index in [-0.39, 0.29) is 5.91 Å². The van der Waals surface area contributed by atoms with E-state index in [1.807, 2.05) is 18.2 Å². The number of rotatable bonds is 7. The first kappa shape index (κ1) is 19.6. The average Bonchev–Trinajstić information content (AvgIpc) is 3.18. The predicted octanol–water partition coefficient (Wildman–Crippen LogP) is 4.50. The fourth-order valence-electron chi connectivity index (χ4n) is 2.62. The molecular weight excluding hydrogens is 402 g/mol. The molecule has 0 atom stereocenters. The predicted molar refractivity (Wildman–Crippen MR) is 112 cm³/mol. The number of carbonyl (C=O) groups is 1. The molecule has 0 unspecified atom stereocenters. The lowest BCUT2D eigenvalue weighted by Crippen LogP contribution is -2.13. The van der Waals surface area contributed by atoms with Crippen LogP contribution in [0.25, 0.3) is 0 Å². The second-order valence-electron chi connectivity index (χ2n) is 6.14. The van der Waals surface area contributed by atoms with Gasteiger partial charge in [0.1, 0.15) is 5.75 Å². The topological polar surface area (TPSA) is 103 Å². The molecule has 4 aromatic rings. The van der Waals surface area contributed by atoms with Gasteiger partial charge in [0.15, 0.2) is 5.82 Å². The molecule has 0 aliphatic carbocycles. The van der Waals surface area contributed by atoms with Crippen LogP contribution >= 0.6 is 11.8 Å². The molecule has 0 saturated carbocycles. The molecule has 2 heterocycles. The molecule has 1 amide bonds. The molecule has 4 rings (SSSR count). The Morgan fingerprint density at radius 3 is 2.87 bits per heavy atom. The van der Waals surface area contributed by atoms with Crippen molar-refractivity contribution in [2.75, 3.05) is 5.32 Å². The Kier molecular flexibility index (Phi) is 6.00. The highest BCUT2D eigenvalue weighted by Crippen LogP contribution is 2.27. The van der Waals surface area contributed by atoms with Gasteiger partial charge in [0.25, 0.3) is 5.91 Å². The number of aryl methyl sites for hydroxylation is 1. The fraction of sp³-hybridized carbons (Fsp3) is 0.0952. The maximum absolute atomic E-state index is 12.9. The Hall–Kier alpha value is -3.72. The largest absolute Gasteiger partial charge is 0.437 e. The highest BCUT2D eigenvalue weighted by Gasteiger charge is 2.13. The molecule has 0 saturated heterocycles. The highest BCUT2D eigenvalue weighted by molar-refractivity contribution is 7.98. The zero-order valence-corrected chi connectivity index (χ0v) is 16.8. The number of hydrogen-bond donors (Lipinski definition) is 1. The first-order valence-electron chi connectivity index (χ1n) is 9.04. The lowest BCUT2D eigenvalue weighted by atomic mass is 10.2. The highest BCUT2D eigenvalue weighted by atomic mass is 32.2. The van der Waals surface area contributed by atoms with Crippen LogP contribution in [0.4, 0.5) is 5.69 Å². The minimum absolute atomic E-state index is 0.223. The van der Waals surface area contributed by atoms with Gasteiger partial charge in [-0.3, -0.25) is 9.78 Å². The van der Waals surface area contributed by atoms with Gasteiger partial charge in [0, 0.05) is 36.0 Å². The van der Waals surface area contributed by atoms with Crippen LogP contribution in [0.15, 0.2) is 76.5 Å². The number of thioether (sulfide) groups is 1. The molecule has 0 radical (unpaired) electrons. The van der Waals surface area contributed by atoms with Crippen LogP contribution < -0.4 is 10.1 Å². The third-order valence-electron chi connectivity index (χ3n) is 3.91. The average molecular weight is 419 g/mol. The summed E-state index contributed by atoms with van der Waals surface area (Å²) in [7, 11) is 0. The molecule has 0 fully saturated rings. The summed E-state index contributed by atoms with van der Waals surface area (Å²) >= 11 is 1.47. The van der Waals surface area contributed by atoms with Crippen LogP contribution in [0, 0.1) is 6.92 Å². The van der Waals surface area contributed by atoms with Gasteiger partial charge in [0.2, 0.25) is 11.8 Å². The molecule has 8 nitrogen and oxygen atoms in total. The van der Waals surface area contributed by atoms with Crippen LogP contribution in [-0.2, 0) is 5.75 Å². The van der Waals surface area contributed by atoms with Crippen LogP contribution in [0.3, 0.4) is 0 Å². The first-order chi connectivity index (χ1) is 14.7. The van der Waals surface area contributed by atoms with Crippen molar-refractivity contribution in [3.8, 4) is 11.6 Å². The summed E-state index contributed by atoms with van der Waals surface area (Å²) in [5.41, 5.74) is 1.16. The monoisotopic (exact) mass is 419 g/mol. The van der Waals surface area contributed by atoms with Gasteiger partial charge < -0.3 is 14.6 Å². The minimum atomic E-state index is -0.223. The van der Waals surface area contributed by atoms with Crippen molar-refractivity contribution in [2.24, 2.45) is 0 Å². The van der Waals surface area contributed by atoms with Crippen molar-refractivity contribution in [1.82, 2.24) is 20.1 Å². The van der Waals surface area contributed by atoms with E-state index in [4.69, 9.17) is 9.26 Å². The zero-order chi connectivity index (χ0) is 20.8. The summed E-state index contributed by atoms with van der Waals surface area (Å²) in [6.07, 6.45) is 4.63. The first-order valence-corrected chi connectivity index (χ1v) is 10.0. The second kappa shape index (κ2) is 9.19. The van der Waals surface area contributed by atoms with Gasteiger partial charge in [0.05, 0.1) is 17.5 Å². The van der Waals surface area contributed by atoms with Crippen LogP contribution in [0.2, 0.25) is 0 Å². The van der Waals surface area contributed by atoms with E-state index in [2.05, 4.69) is 25.4 Å². The number of nitrogens with zero attached hydrogens (tertiary/aromatic N) is 4. The van der Waals surface area contributed by atoms with Crippen LogP contribution in [-0.4, -0.2) is 26.0 Å². The molecule has 150 valence electrons. The summed E-state index contributed by atoms with van der Waals surface area (Å²) in [6, 6.07) is 14.5. The standard InChI is InChI=1S/C21H17N5O3S/c1-14-24-19(26-29-14)13-30-18-8-3-2-7-17(18)21(27)25-15-5-4-6-16(11-15)28-20-12-22-9-10-23-20/h2-12H,13H2,1H3,(H,25,27). The molecule has 0 aliphatic rings. The van der Waals surface area contributed by atoms with Gasteiger partial charge in [-0.25, -0.2) is 4.98 Å². The summed E-state index contributed by atoms with van der Waals surface area (Å²) in [4.78, 5) is 25.9. The third-order valence-corrected chi connectivity index (χ3v) is 4.98. The van der Waals surface area contributed by atoms with Crippen LogP contribution in [0.5, 0.6) is 11.6 Å². The molecular formula is C21H17N5O3S. The Bertz CT molecular complexity index is 1150. The number of carbonyl (C=O) groups excluding carboxylic acids is 1.